The maximum atomic E-state index is 12.8. The number of hydrogen-bond donors (Lipinski definition) is 1. The lowest BCUT2D eigenvalue weighted by Crippen LogP contribution is -2.49. The van der Waals surface area contributed by atoms with Gasteiger partial charge >= 0.3 is 12.1 Å². The Morgan fingerprint density at radius 3 is 2.42 bits per heavy atom. The number of benzene rings is 1. The third-order valence-corrected chi connectivity index (χ3v) is 4.04. The highest BCUT2D eigenvalue weighted by Crippen LogP contribution is 2.22. The fourth-order valence-corrected chi connectivity index (χ4v) is 2.86. The van der Waals surface area contributed by atoms with Crippen LogP contribution in [0.2, 0.25) is 0 Å². The zero-order chi connectivity index (χ0) is 19.3. The van der Waals surface area contributed by atoms with Crippen LogP contribution in [0.3, 0.4) is 0 Å². The Morgan fingerprint density at radius 2 is 1.85 bits per heavy atom. The van der Waals surface area contributed by atoms with Crippen molar-refractivity contribution in [1.29, 1.82) is 0 Å². The molecule has 0 aromatic heterocycles. The van der Waals surface area contributed by atoms with Crippen molar-refractivity contribution in [3.63, 3.8) is 0 Å². The van der Waals surface area contributed by atoms with Gasteiger partial charge in [-0.3, -0.25) is 9.69 Å². The summed E-state index contributed by atoms with van der Waals surface area (Å²) in [5.41, 5.74) is -0.0197. The molecule has 0 saturated carbocycles. The van der Waals surface area contributed by atoms with Crippen LogP contribution in [0.15, 0.2) is 30.3 Å². The van der Waals surface area contributed by atoms with Crippen LogP contribution in [0, 0.1) is 0 Å². The number of rotatable bonds is 4. The van der Waals surface area contributed by atoms with E-state index in [1.807, 2.05) is 6.07 Å². The van der Waals surface area contributed by atoms with Crippen molar-refractivity contribution in [1.82, 2.24) is 10.2 Å². The molecule has 1 aliphatic rings. The molecule has 2 atom stereocenters. The number of nitrogens with zero attached hydrogens (tertiary/aromatic N) is 1. The fourth-order valence-electron chi connectivity index (χ4n) is 2.86. The summed E-state index contributed by atoms with van der Waals surface area (Å²) in [5.74, 6) is -0.959. The van der Waals surface area contributed by atoms with Gasteiger partial charge in [-0.1, -0.05) is 30.3 Å². The summed E-state index contributed by atoms with van der Waals surface area (Å²) >= 11 is 0. The molecule has 0 bridgehead atoms. The predicted molar refractivity (Wildman–Crippen MR) is 95.3 cm³/mol. The minimum Gasteiger partial charge on any atom is -0.467 e. The predicted octanol–water partition coefficient (Wildman–Crippen LogP) is 2.42. The van der Waals surface area contributed by atoms with E-state index in [4.69, 9.17) is 9.47 Å². The Bertz CT molecular complexity index is 654. The number of likely N-dealkylation sites (tertiary alicyclic amines) is 1. The van der Waals surface area contributed by atoms with Gasteiger partial charge in [0.2, 0.25) is 5.91 Å². The summed E-state index contributed by atoms with van der Waals surface area (Å²) in [5, 5.41) is 2.71. The van der Waals surface area contributed by atoms with Gasteiger partial charge in [-0.2, -0.15) is 0 Å². The van der Waals surface area contributed by atoms with E-state index in [0.29, 0.717) is 24.9 Å². The summed E-state index contributed by atoms with van der Waals surface area (Å²) in [4.78, 5) is 38.7. The average Bonchev–Trinajstić information content (AvgIpc) is 3.08. The van der Waals surface area contributed by atoms with Crippen LogP contribution in [0.5, 0.6) is 0 Å². The molecule has 2 amide bonds. The number of carbonyl (C=O) groups is 3. The summed E-state index contributed by atoms with van der Waals surface area (Å²) < 4.78 is 10.2. The quantitative estimate of drug-likeness (QED) is 0.832. The van der Waals surface area contributed by atoms with Gasteiger partial charge in [0.1, 0.15) is 11.6 Å². The van der Waals surface area contributed by atoms with Crippen LogP contribution in [-0.2, 0) is 19.1 Å². The average molecular weight is 362 g/mol. The number of methoxy groups -OCH3 is 1. The standard InChI is InChI=1S/C19H26N2O5/c1-19(2,3)26-18(24)21-12-8-11-14(21)16(22)20-15(17(23)25-4)13-9-6-5-7-10-13/h5-7,9-10,14-15H,8,11-12H2,1-4H3,(H,20,22)/t14?,15-/m1/s1. The molecule has 7 nitrogen and oxygen atoms in total. The molecule has 1 fully saturated rings. The van der Waals surface area contributed by atoms with Gasteiger partial charge in [-0.05, 0) is 39.2 Å². The molecule has 142 valence electrons. The summed E-state index contributed by atoms with van der Waals surface area (Å²) in [6.07, 6.45) is 0.698. The van der Waals surface area contributed by atoms with E-state index in [1.165, 1.54) is 12.0 Å². The van der Waals surface area contributed by atoms with Gasteiger partial charge in [0.15, 0.2) is 6.04 Å². The number of amides is 2. The fraction of sp³-hybridized carbons (Fsp3) is 0.526. The number of hydrogen-bond acceptors (Lipinski definition) is 5. The Labute approximate surface area is 153 Å². The molecular weight excluding hydrogens is 336 g/mol. The lowest BCUT2D eigenvalue weighted by Gasteiger charge is -2.28. The minimum absolute atomic E-state index is 0.396. The molecule has 1 unspecified atom stereocenters. The van der Waals surface area contributed by atoms with E-state index >= 15 is 0 Å². The van der Waals surface area contributed by atoms with E-state index in [9.17, 15) is 14.4 Å². The highest BCUT2D eigenvalue weighted by molar-refractivity contribution is 5.90. The molecule has 1 N–H and O–H groups in total. The van der Waals surface area contributed by atoms with Crippen LogP contribution < -0.4 is 5.32 Å². The highest BCUT2D eigenvalue weighted by atomic mass is 16.6. The second-order valence-corrected chi connectivity index (χ2v) is 7.21. The molecule has 1 aromatic carbocycles. The Balaban J connectivity index is 2.13. The zero-order valence-corrected chi connectivity index (χ0v) is 15.7. The van der Waals surface area contributed by atoms with Gasteiger partial charge < -0.3 is 14.8 Å². The van der Waals surface area contributed by atoms with Gasteiger partial charge in [-0.25, -0.2) is 9.59 Å². The number of esters is 1. The smallest absolute Gasteiger partial charge is 0.410 e. The Morgan fingerprint density at radius 1 is 1.19 bits per heavy atom. The van der Waals surface area contributed by atoms with Crippen molar-refractivity contribution >= 4 is 18.0 Å². The van der Waals surface area contributed by atoms with E-state index in [2.05, 4.69) is 5.32 Å². The van der Waals surface area contributed by atoms with Crippen molar-refractivity contribution in [2.45, 2.75) is 51.3 Å². The first-order valence-corrected chi connectivity index (χ1v) is 8.65. The molecule has 0 radical (unpaired) electrons. The minimum atomic E-state index is -0.921. The van der Waals surface area contributed by atoms with E-state index in [0.717, 1.165) is 0 Å². The van der Waals surface area contributed by atoms with E-state index < -0.39 is 35.7 Å². The van der Waals surface area contributed by atoms with Crippen molar-refractivity contribution < 1.29 is 23.9 Å². The van der Waals surface area contributed by atoms with Crippen LogP contribution in [0.1, 0.15) is 45.2 Å². The normalized spacial score (nSPS) is 18.2. The first kappa shape index (κ1) is 19.8. The maximum Gasteiger partial charge on any atom is 0.410 e. The topological polar surface area (TPSA) is 84.9 Å². The third kappa shape index (κ3) is 4.97. The Kier molecular flexibility index (Phi) is 6.23. The largest absolute Gasteiger partial charge is 0.467 e. The van der Waals surface area contributed by atoms with E-state index in [-0.39, 0.29) is 0 Å². The first-order valence-electron chi connectivity index (χ1n) is 8.65. The first-order chi connectivity index (χ1) is 12.2. The number of carbonyl (C=O) groups excluding carboxylic acids is 3. The third-order valence-electron chi connectivity index (χ3n) is 4.04. The number of ether oxygens (including phenoxy) is 2. The van der Waals surface area contributed by atoms with Gasteiger partial charge in [0.25, 0.3) is 0 Å². The molecule has 1 heterocycles. The zero-order valence-electron chi connectivity index (χ0n) is 15.7. The molecular formula is C19H26N2O5. The monoisotopic (exact) mass is 362 g/mol. The number of nitrogens with one attached hydrogen (secondary N) is 1. The van der Waals surface area contributed by atoms with Crippen LogP contribution in [0.25, 0.3) is 0 Å². The molecule has 0 spiro atoms. The van der Waals surface area contributed by atoms with E-state index in [1.54, 1.807) is 45.0 Å². The molecule has 1 saturated heterocycles. The van der Waals surface area contributed by atoms with Crippen LogP contribution >= 0.6 is 0 Å². The maximum absolute atomic E-state index is 12.8. The Hall–Kier alpha value is -2.57. The molecule has 1 aromatic rings. The lowest BCUT2D eigenvalue weighted by molar-refractivity contribution is -0.145. The summed E-state index contributed by atoms with van der Waals surface area (Å²) in [6, 6.07) is 7.26. The highest BCUT2D eigenvalue weighted by Gasteiger charge is 2.38. The molecule has 26 heavy (non-hydrogen) atoms. The summed E-state index contributed by atoms with van der Waals surface area (Å²) in [6.45, 7) is 5.78. The van der Waals surface area contributed by atoms with Crippen molar-refractivity contribution in [2.24, 2.45) is 0 Å². The summed E-state index contributed by atoms with van der Waals surface area (Å²) in [7, 11) is 1.27. The van der Waals surface area contributed by atoms with Crippen LogP contribution in [0.4, 0.5) is 4.79 Å². The van der Waals surface area contributed by atoms with Crippen molar-refractivity contribution in [3.05, 3.63) is 35.9 Å². The molecule has 7 heteroatoms. The van der Waals surface area contributed by atoms with Crippen LogP contribution in [-0.4, -0.2) is 48.2 Å². The van der Waals surface area contributed by atoms with Crippen molar-refractivity contribution in [3.8, 4) is 0 Å². The van der Waals surface area contributed by atoms with Gasteiger partial charge in [0, 0.05) is 6.54 Å². The molecule has 2 rings (SSSR count). The second kappa shape index (κ2) is 8.21. The second-order valence-electron chi connectivity index (χ2n) is 7.21. The lowest BCUT2D eigenvalue weighted by atomic mass is 10.1. The molecule has 0 aliphatic carbocycles. The SMILES string of the molecule is COC(=O)[C@H](NC(=O)C1CCCN1C(=O)OC(C)(C)C)c1ccccc1. The van der Waals surface area contributed by atoms with Gasteiger partial charge in [-0.15, -0.1) is 0 Å². The molecule has 1 aliphatic heterocycles. The van der Waals surface area contributed by atoms with Gasteiger partial charge in [0.05, 0.1) is 7.11 Å². The van der Waals surface area contributed by atoms with Crippen molar-refractivity contribution in [2.75, 3.05) is 13.7 Å².